The Morgan fingerprint density at radius 3 is 2.96 bits per heavy atom. The minimum absolute atomic E-state index is 0.144. The van der Waals surface area contributed by atoms with Crippen molar-refractivity contribution in [1.82, 2.24) is 15.0 Å². The molecule has 1 aliphatic carbocycles. The summed E-state index contributed by atoms with van der Waals surface area (Å²) in [5.41, 5.74) is 6.36. The van der Waals surface area contributed by atoms with Crippen LogP contribution < -0.4 is 5.73 Å². The van der Waals surface area contributed by atoms with Crippen LogP contribution in [-0.2, 0) is 0 Å². The van der Waals surface area contributed by atoms with Crippen molar-refractivity contribution in [2.45, 2.75) is 49.6 Å². The SMILES string of the molecule is N#CCC1(N=CN=CN)CCC(N=CC(C=N)c2ncnc3[nH]ccc23)CC1. The molecule has 2 heterocycles. The van der Waals surface area contributed by atoms with Gasteiger partial charge in [-0.2, -0.15) is 5.26 Å². The first kappa shape index (κ1) is 19.4. The second-order valence-electron chi connectivity index (χ2n) is 6.82. The lowest BCUT2D eigenvalue weighted by atomic mass is 9.78. The van der Waals surface area contributed by atoms with Crippen LogP contribution in [0.1, 0.15) is 43.7 Å². The number of aromatic nitrogens is 3. The first-order valence-electron chi connectivity index (χ1n) is 9.17. The fourth-order valence-corrected chi connectivity index (χ4v) is 3.55. The van der Waals surface area contributed by atoms with E-state index in [9.17, 15) is 0 Å². The molecule has 9 nitrogen and oxygen atoms in total. The molecule has 2 aromatic rings. The third kappa shape index (κ3) is 4.28. The van der Waals surface area contributed by atoms with E-state index in [1.165, 1.54) is 25.2 Å². The second-order valence-corrected chi connectivity index (χ2v) is 6.82. The van der Waals surface area contributed by atoms with Gasteiger partial charge in [0.2, 0.25) is 0 Å². The summed E-state index contributed by atoms with van der Waals surface area (Å²) < 4.78 is 0. The molecule has 2 aromatic heterocycles. The number of hydrogen-bond acceptors (Lipinski definition) is 6. The van der Waals surface area contributed by atoms with Crippen molar-refractivity contribution < 1.29 is 0 Å². The van der Waals surface area contributed by atoms with Crippen molar-refractivity contribution in [1.29, 1.82) is 10.7 Å². The Labute approximate surface area is 163 Å². The minimum atomic E-state index is -0.405. The Morgan fingerprint density at radius 2 is 2.25 bits per heavy atom. The molecule has 3 rings (SSSR count). The van der Waals surface area contributed by atoms with E-state index >= 15 is 0 Å². The van der Waals surface area contributed by atoms with E-state index in [0.717, 1.165) is 42.4 Å². The molecule has 0 aliphatic heterocycles. The van der Waals surface area contributed by atoms with Gasteiger partial charge >= 0.3 is 0 Å². The van der Waals surface area contributed by atoms with Gasteiger partial charge in [-0.3, -0.25) is 9.98 Å². The van der Waals surface area contributed by atoms with Crippen LogP contribution in [0.2, 0.25) is 0 Å². The largest absolute Gasteiger partial charge is 0.390 e. The highest BCUT2D eigenvalue weighted by atomic mass is 15.0. The lowest BCUT2D eigenvalue weighted by Crippen LogP contribution is -2.33. The van der Waals surface area contributed by atoms with E-state index in [1.54, 1.807) is 6.21 Å². The zero-order valence-corrected chi connectivity index (χ0v) is 15.5. The predicted octanol–water partition coefficient (Wildman–Crippen LogP) is 2.37. The van der Waals surface area contributed by atoms with Gasteiger partial charge in [0.15, 0.2) is 0 Å². The van der Waals surface area contributed by atoms with Crippen LogP contribution in [0.25, 0.3) is 11.0 Å². The molecule has 0 bridgehead atoms. The average Bonchev–Trinajstić information content (AvgIpc) is 3.20. The second kappa shape index (κ2) is 8.99. The van der Waals surface area contributed by atoms with E-state index in [-0.39, 0.29) is 12.0 Å². The van der Waals surface area contributed by atoms with Gasteiger partial charge in [-0.05, 0) is 31.7 Å². The lowest BCUT2D eigenvalue weighted by Gasteiger charge is -2.34. The van der Waals surface area contributed by atoms with Crippen molar-refractivity contribution in [3.05, 3.63) is 24.3 Å². The van der Waals surface area contributed by atoms with Crippen LogP contribution >= 0.6 is 0 Å². The Bertz CT molecular complexity index is 926. The van der Waals surface area contributed by atoms with Crippen LogP contribution in [0.4, 0.5) is 0 Å². The summed E-state index contributed by atoms with van der Waals surface area (Å²) in [7, 11) is 0. The van der Waals surface area contributed by atoms with E-state index in [2.05, 4.69) is 31.0 Å². The number of nitrogens with two attached hydrogens (primary N) is 1. The highest BCUT2D eigenvalue weighted by Gasteiger charge is 2.34. The van der Waals surface area contributed by atoms with Gasteiger partial charge in [0.05, 0.1) is 36.0 Å². The van der Waals surface area contributed by atoms with Crippen molar-refractivity contribution >= 4 is 36.1 Å². The molecule has 144 valence electrons. The lowest BCUT2D eigenvalue weighted by molar-refractivity contribution is 0.282. The Morgan fingerprint density at radius 1 is 1.43 bits per heavy atom. The van der Waals surface area contributed by atoms with Gasteiger partial charge in [0, 0.05) is 30.1 Å². The first-order chi connectivity index (χ1) is 13.7. The zero-order valence-electron chi connectivity index (χ0n) is 15.5. The van der Waals surface area contributed by atoms with Crippen molar-refractivity contribution in [2.24, 2.45) is 20.7 Å². The summed E-state index contributed by atoms with van der Waals surface area (Å²) >= 11 is 0. The normalized spacial score (nSPS) is 24.2. The molecule has 1 atom stereocenters. The van der Waals surface area contributed by atoms with Gasteiger partial charge in [-0.15, -0.1) is 0 Å². The summed E-state index contributed by atoms with van der Waals surface area (Å²) in [5.74, 6) is -0.302. The molecule has 0 spiro atoms. The monoisotopic (exact) mass is 377 g/mol. The molecule has 0 radical (unpaired) electrons. The maximum absolute atomic E-state index is 9.15. The standard InChI is InChI=1S/C19H23N9/c20-7-6-19(28-12-23-11-22)4-1-15(2-5-19)25-10-14(9-21)17-16-3-8-24-18(16)27-13-26-17/h3,8-15,21H,1-2,4-6H2,(H2,22,23,28)(H,24,26,27). The van der Waals surface area contributed by atoms with Crippen LogP contribution in [0.15, 0.2) is 33.6 Å². The van der Waals surface area contributed by atoms with Gasteiger partial charge in [0.1, 0.15) is 18.3 Å². The van der Waals surface area contributed by atoms with Crippen molar-refractivity contribution in [2.75, 3.05) is 0 Å². The molecule has 1 fully saturated rings. The van der Waals surface area contributed by atoms with Crippen molar-refractivity contribution in [3.63, 3.8) is 0 Å². The van der Waals surface area contributed by atoms with Gasteiger partial charge in [-0.25, -0.2) is 15.0 Å². The van der Waals surface area contributed by atoms with Crippen molar-refractivity contribution in [3.8, 4) is 6.07 Å². The summed E-state index contributed by atoms with van der Waals surface area (Å²) in [4.78, 5) is 24.6. The van der Waals surface area contributed by atoms with Crippen LogP contribution in [-0.4, -0.2) is 51.6 Å². The smallest absolute Gasteiger partial charge is 0.140 e. The number of hydrogen-bond donors (Lipinski definition) is 3. The molecule has 4 N–H and O–H groups in total. The van der Waals surface area contributed by atoms with Gasteiger partial charge in [0.25, 0.3) is 0 Å². The highest BCUT2D eigenvalue weighted by molar-refractivity contribution is 5.94. The molecule has 0 saturated heterocycles. The number of aromatic amines is 1. The first-order valence-corrected chi connectivity index (χ1v) is 9.17. The Kier molecular flexibility index (Phi) is 6.22. The summed E-state index contributed by atoms with van der Waals surface area (Å²) in [5, 5.41) is 17.8. The quantitative estimate of drug-likeness (QED) is 0.501. The maximum Gasteiger partial charge on any atom is 0.140 e. The third-order valence-corrected chi connectivity index (χ3v) is 5.12. The van der Waals surface area contributed by atoms with Crippen LogP contribution in [0, 0.1) is 16.7 Å². The minimum Gasteiger partial charge on any atom is -0.390 e. The van der Waals surface area contributed by atoms with E-state index in [4.69, 9.17) is 21.4 Å². The fraction of sp³-hybridized carbons (Fsp3) is 0.421. The number of H-pyrrole nitrogens is 1. The number of nitrogens with zero attached hydrogens (tertiary/aromatic N) is 6. The molecule has 0 amide bonds. The summed E-state index contributed by atoms with van der Waals surface area (Å²) in [6.45, 7) is 0. The summed E-state index contributed by atoms with van der Waals surface area (Å²) in [6, 6.07) is 4.29. The number of aliphatic imine (C=N–C) groups is 3. The number of nitriles is 1. The molecular formula is C19H23N9. The molecule has 0 aromatic carbocycles. The Hall–Kier alpha value is -3.41. The van der Waals surface area contributed by atoms with Crippen LogP contribution in [0.5, 0.6) is 0 Å². The number of fused-ring (bicyclic) bond motifs is 1. The molecule has 1 aliphatic rings. The van der Waals surface area contributed by atoms with E-state index in [0.29, 0.717) is 6.42 Å². The van der Waals surface area contributed by atoms with E-state index in [1.807, 2.05) is 12.3 Å². The topological polar surface area (TPSA) is 152 Å². The fourth-order valence-electron chi connectivity index (χ4n) is 3.55. The van der Waals surface area contributed by atoms with Gasteiger partial charge < -0.3 is 16.1 Å². The third-order valence-electron chi connectivity index (χ3n) is 5.12. The molecule has 1 unspecified atom stereocenters. The average molecular weight is 377 g/mol. The maximum atomic E-state index is 9.15. The zero-order chi connectivity index (χ0) is 19.8. The van der Waals surface area contributed by atoms with Gasteiger partial charge in [-0.1, -0.05) is 0 Å². The molecule has 28 heavy (non-hydrogen) atoms. The Balaban J connectivity index is 1.69. The molecule has 9 heteroatoms. The molecule has 1 saturated carbocycles. The van der Waals surface area contributed by atoms with Crippen LogP contribution in [0.3, 0.4) is 0 Å². The molecular weight excluding hydrogens is 354 g/mol. The predicted molar refractivity (Wildman–Crippen MR) is 110 cm³/mol. The number of nitrogens with one attached hydrogen (secondary N) is 2. The highest BCUT2D eigenvalue weighted by Crippen LogP contribution is 2.35. The van der Waals surface area contributed by atoms with E-state index < -0.39 is 5.54 Å². The summed E-state index contributed by atoms with van der Waals surface area (Å²) in [6.07, 6.45) is 12.6. The number of rotatable bonds is 7.